The van der Waals surface area contributed by atoms with E-state index in [0.717, 1.165) is 43.9 Å². The fourth-order valence-electron chi connectivity index (χ4n) is 5.66. The van der Waals surface area contributed by atoms with Gasteiger partial charge >= 0.3 is 0 Å². The van der Waals surface area contributed by atoms with Crippen LogP contribution >= 0.6 is 0 Å². The number of rotatable bonds is 7. The Kier molecular flexibility index (Phi) is 4.28. The second-order valence-corrected chi connectivity index (χ2v) is 10.2. The molecule has 7 rings (SSSR count). The number of nitrogens with one attached hydrogen (secondary N) is 3. The second kappa shape index (κ2) is 6.92. The minimum Gasteiger partial charge on any atom is -0.377 e. The molecular weight excluding hydrogens is 378 g/mol. The van der Waals surface area contributed by atoms with Crippen molar-refractivity contribution in [1.29, 1.82) is 0 Å². The summed E-state index contributed by atoms with van der Waals surface area (Å²) in [5.74, 6) is 3.10. The Hall–Kier alpha value is -2.19. The molecule has 0 atom stereocenters. The van der Waals surface area contributed by atoms with Gasteiger partial charge in [-0.2, -0.15) is 10.1 Å². The Balaban J connectivity index is 1.11. The standard InChI is InChI=1S/C22H31N7O/c1-21(13-30-14-21)24-11-22-9-16(10-22)29(12-22)20-23-7-6-18(26-20)25-19-8-17(27-28-19)15-4-2-3-5-15/h6-8,15-16,24H,2-5,9-14H2,1H3,(H2,23,25,26,27,28). The van der Waals surface area contributed by atoms with Crippen LogP contribution in [0.1, 0.15) is 57.1 Å². The van der Waals surface area contributed by atoms with Gasteiger partial charge in [0.2, 0.25) is 5.95 Å². The number of aromatic nitrogens is 4. The average molecular weight is 410 g/mol. The highest BCUT2D eigenvalue weighted by Crippen LogP contribution is 2.52. The first-order valence-corrected chi connectivity index (χ1v) is 11.3. The summed E-state index contributed by atoms with van der Waals surface area (Å²) in [6.45, 7) is 5.97. The van der Waals surface area contributed by atoms with Crippen LogP contribution in [0.3, 0.4) is 0 Å². The fourth-order valence-corrected chi connectivity index (χ4v) is 5.66. The van der Waals surface area contributed by atoms with Gasteiger partial charge in [0.05, 0.1) is 18.8 Å². The number of nitrogens with zero attached hydrogens (tertiary/aromatic N) is 4. The van der Waals surface area contributed by atoms with Gasteiger partial charge in [0.15, 0.2) is 5.82 Å². The highest BCUT2D eigenvalue weighted by atomic mass is 16.5. The van der Waals surface area contributed by atoms with E-state index < -0.39 is 0 Å². The molecule has 8 nitrogen and oxygen atoms in total. The first-order chi connectivity index (χ1) is 14.6. The van der Waals surface area contributed by atoms with Gasteiger partial charge in [-0.25, -0.2) is 4.98 Å². The molecule has 2 aliphatic carbocycles. The highest BCUT2D eigenvalue weighted by Gasteiger charge is 2.56. The van der Waals surface area contributed by atoms with E-state index in [1.807, 2.05) is 12.3 Å². The molecule has 0 radical (unpaired) electrons. The van der Waals surface area contributed by atoms with E-state index in [2.05, 4.69) is 43.7 Å². The summed E-state index contributed by atoms with van der Waals surface area (Å²) in [4.78, 5) is 11.8. The van der Waals surface area contributed by atoms with Crippen molar-refractivity contribution in [1.82, 2.24) is 25.5 Å². The van der Waals surface area contributed by atoms with Gasteiger partial charge in [-0.3, -0.25) is 5.10 Å². The molecule has 0 spiro atoms. The van der Waals surface area contributed by atoms with Crippen LogP contribution in [0.25, 0.3) is 0 Å². The zero-order valence-electron chi connectivity index (χ0n) is 17.7. The smallest absolute Gasteiger partial charge is 0.227 e. The Labute approximate surface area is 177 Å². The molecule has 2 bridgehead atoms. The number of ether oxygens (including phenoxy) is 1. The van der Waals surface area contributed by atoms with Crippen molar-refractivity contribution in [3.63, 3.8) is 0 Å². The zero-order valence-corrected chi connectivity index (χ0v) is 17.7. The lowest BCUT2D eigenvalue weighted by Gasteiger charge is -2.44. The van der Waals surface area contributed by atoms with Crippen LogP contribution in [0.2, 0.25) is 0 Å². The third-order valence-corrected chi connectivity index (χ3v) is 7.56. The summed E-state index contributed by atoms with van der Waals surface area (Å²) in [6, 6.07) is 4.62. The number of aromatic amines is 1. The number of hydrogen-bond acceptors (Lipinski definition) is 7. The molecule has 0 unspecified atom stereocenters. The predicted molar refractivity (Wildman–Crippen MR) is 115 cm³/mol. The first-order valence-electron chi connectivity index (χ1n) is 11.3. The average Bonchev–Trinajstić information content (AvgIpc) is 3.47. The Morgan fingerprint density at radius 3 is 2.83 bits per heavy atom. The lowest BCUT2D eigenvalue weighted by atomic mass is 9.70. The Morgan fingerprint density at radius 2 is 2.07 bits per heavy atom. The molecule has 8 heteroatoms. The van der Waals surface area contributed by atoms with Gasteiger partial charge in [-0.15, -0.1) is 0 Å². The van der Waals surface area contributed by atoms with E-state index in [9.17, 15) is 0 Å². The summed E-state index contributed by atoms with van der Waals surface area (Å²) in [5.41, 5.74) is 1.76. The van der Waals surface area contributed by atoms with Gasteiger partial charge in [0.1, 0.15) is 5.82 Å². The summed E-state index contributed by atoms with van der Waals surface area (Å²) >= 11 is 0. The number of H-pyrrole nitrogens is 1. The Morgan fingerprint density at radius 1 is 1.23 bits per heavy atom. The summed E-state index contributed by atoms with van der Waals surface area (Å²) in [5, 5.41) is 14.8. The van der Waals surface area contributed by atoms with Crippen molar-refractivity contribution in [3.05, 3.63) is 24.0 Å². The summed E-state index contributed by atoms with van der Waals surface area (Å²) in [7, 11) is 0. The van der Waals surface area contributed by atoms with E-state index >= 15 is 0 Å². The van der Waals surface area contributed by atoms with E-state index in [-0.39, 0.29) is 5.54 Å². The minimum absolute atomic E-state index is 0.161. The predicted octanol–water partition coefficient (Wildman–Crippen LogP) is 2.95. The molecule has 5 aliphatic rings. The van der Waals surface area contributed by atoms with Crippen LogP contribution in [0.5, 0.6) is 0 Å². The lowest BCUT2D eigenvalue weighted by Crippen LogP contribution is -2.61. The van der Waals surface area contributed by atoms with Gasteiger partial charge in [0, 0.05) is 48.4 Å². The Bertz CT molecular complexity index is 912. The molecular formula is C22H31N7O. The van der Waals surface area contributed by atoms with E-state index in [0.29, 0.717) is 17.4 Å². The van der Waals surface area contributed by atoms with Crippen molar-refractivity contribution in [2.75, 3.05) is 36.5 Å². The number of anilines is 3. The maximum absolute atomic E-state index is 5.37. The van der Waals surface area contributed by atoms with Gasteiger partial charge < -0.3 is 20.3 Å². The van der Waals surface area contributed by atoms with Crippen molar-refractivity contribution in [2.45, 2.75) is 62.9 Å². The van der Waals surface area contributed by atoms with Crippen LogP contribution in [0.15, 0.2) is 18.3 Å². The molecule has 30 heavy (non-hydrogen) atoms. The van der Waals surface area contributed by atoms with Crippen LogP contribution in [0.4, 0.5) is 17.6 Å². The monoisotopic (exact) mass is 409 g/mol. The molecule has 0 amide bonds. The highest BCUT2D eigenvalue weighted by molar-refractivity contribution is 5.54. The quantitative estimate of drug-likeness (QED) is 0.648. The first kappa shape index (κ1) is 18.6. The van der Waals surface area contributed by atoms with Crippen LogP contribution in [-0.4, -0.2) is 58.0 Å². The van der Waals surface area contributed by atoms with Crippen molar-refractivity contribution < 1.29 is 4.74 Å². The van der Waals surface area contributed by atoms with Crippen molar-refractivity contribution in [2.24, 2.45) is 5.41 Å². The molecule has 3 aliphatic heterocycles. The number of hydrogen-bond donors (Lipinski definition) is 3. The molecule has 0 aromatic carbocycles. The molecule has 2 saturated carbocycles. The van der Waals surface area contributed by atoms with E-state index in [4.69, 9.17) is 9.72 Å². The summed E-state index contributed by atoms with van der Waals surface area (Å²) in [6.07, 6.45) is 9.47. The maximum Gasteiger partial charge on any atom is 0.227 e. The fraction of sp³-hybridized carbons (Fsp3) is 0.682. The molecule has 160 valence electrons. The van der Waals surface area contributed by atoms with Gasteiger partial charge in [-0.05, 0) is 38.7 Å². The normalized spacial score (nSPS) is 29.6. The maximum atomic E-state index is 5.37. The third kappa shape index (κ3) is 3.26. The second-order valence-electron chi connectivity index (χ2n) is 10.2. The molecule has 5 heterocycles. The summed E-state index contributed by atoms with van der Waals surface area (Å²) < 4.78 is 5.37. The van der Waals surface area contributed by atoms with Crippen LogP contribution in [0, 0.1) is 5.41 Å². The van der Waals surface area contributed by atoms with Crippen molar-refractivity contribution in [3.8, 4) is 0 Å². The molecule has 5 fully saturated rings. The molecule has 3 N–H and O–H groups in total. The SMILES string of the molecule is CC1(NCC23CC(C2)N(c2nccc(Nc4cc(C5CCCC5)[nH]n4)n2)C3)COC1. The number of fused-ring (bicyclic) bond motifs is 1. The topological polar surface area (TPSA) is 91.0 Å². The third-order valence-electron chi connectivity index (χ3n) is 7.56. The van der Waals surface area contributed by atoms with Crippen molar-refractivity contribution >= 4 is 17.6 Å². The molecule has 2 aromatic heterocycles. The minimum atomic E-state index is 0.161. The van der Waals surface area contributed by atoms with Gasteiger partial charge in [-0.1, -0.05) is 12.8 Å². The van der Waals surface area contributed by atoms with Crippen LogP contribution in [-0.2, 0) is 4.74 Å². The molecule has 2 aromatic rings. The zero-order chi connectivity index (χ0) is 20.2. The largest absolute Gasteiger partial charge is 0.377 e. The lowest BCUT2D eigenvalue weighted by molar-refractivity contribution is -0.0695. The van der Waals surface area contributed by atoms with Gasteiger partial charge in [0.25, 0.3) is 0 Å². The van der Waals surface area contributed by atoms with E-state index in [1.165, 1.54) is 44.2 Å². The van der Waals surface area contributed by atoms with Crippen LogP contribution < -0.4 is 15.5 Å². The van der Waals surface area contributed by atoms with E-state index in [1.54, 1.807) is 0 Å². The molecule has 3 saturated heterocycles.